The van der Waals surface area contributed by atoms with Crippen LogP contribution < -0.4 is 15.6 Å². The molecule has 1 heterocycles. The number of carbonyl (C=O) groups is 2. The van der Waals surface area contributed by atoms with Crippen LogP contribution in [-0.4, -0.2) is 17.9 Å². The van der Waals surface area contributed by atoms with Crippen LogP contribution >= 0.6 is 0 Å². The molecule has 5 nitrogen and oxygen atoms in total. The first-order valence-corrected chi connectivity index (χ1v) is 5.82. The SMILES string of the molecule is CC(C)Oc1ccc(C2(C)C(=O)NNC2=O)cc1. The van der Waals surface area contributed by atoms with Crippen LogP contribution in [0.15, 0.2) is 24.3 Å². The van der Waals surface area contributed by atoms with Crippen LogP contribution in [0.3, 0.4) is 0 Å². The second-order valence-corrected chi connectivity index (χ2v) is 4.72. The molecule has 0 radical (unpaired) electrons. The quantitative estimate of drug-likeness (QED) is 0.781. The topological polar surface area (TPSA) is 67.4 Å². The molecule has 2 amide bonds. The van der Waals surface area contributed by atoms with Crippen LogP contribution in [0.5, 0.6) is 5.75 Å². The third-order valence-corrected chi connectivity index (χ3v) is 3.00. The standard InChI is InChI=1S/C13H16N2O3/c1-8(2)18-10-6-4-9(5-7-10)13(3)11(16)14-15-12(13)17/h4-8H,1-3H3,(H,14,16)(H,15,17). The number of benzene rings is 1. The van der Waals surface area contributed by atoms with E-state index in [0.29, 0.717) is 5.56 Å². The van der Waals surface area contributed by atoms with Crippen LogP contribution in [0.1, 0.15) is 26.3 Å². The van der Waals surface area contributed by atoms with Crippen LogP contribution in [0.4, 0.5) is 0 Å². The van der Waals surface area contributed by atoms with Crippen LogP contribution in [0.25, 0.3) is 0 Å². The Hall–Kier alpha value is -2.04. The van der Waals surface area contributed by atoms with E-state index in [9.17, 15) is 9.59 Å². The summed E-state index contributed by atoms with van der Waals surface area (Å²) in [5.41, 5.74) is 4.15. The summed E-state index contributed by atoms with van der Waals surface area (Å²) in [7, 11) is 0. The van der Waals surface area contributed by atoms with Gasteiger partial charge in [-0.1, -0.05) is 12.1 Å². The summed E-state index contributed by atoms with van der Waals surface area (Å²) < 4.78 is 5.52. The highest BCUT2D eigenvalue weighted by Crippen LogP contribution is 2.28. The molecular formula is C13H16N2O3. The number of nitrogens with one attached hydrogen (secondary N) is 2. The first kappa shape index (κ1) is 12.4. The fourth-order valence-corrected chi connectivity index (χ4v) is 1.87. The number of hydrazine groups is 1. The van der Waals surface area contributed by atoms with E-state index in [1.165, 1.54) is 0 Å². The Labute approximate surface area is 105 Å². The number of amides is 2. The van der Waals surface area contributed by atoms with Gasteiger partial charge in [0.25, 0.3) is 11.8 Å². The first-order chi connectivity index (χ1) is 8.44. The molecular weight excluding hydrogens is 232 g/mol. The molecule has 0 aromatic heterocycles. The Kier molecular flexibility index (Phi) is 2.98. The summed E-state index contributed by atoms with van der Waals surface area (Å²) in [6.45, 7) is 5.48. The number of carbonyl (C=O) groups excluding carboxylic acids is 2. The smallest absolute Gasteiger partial charge is 0.258 e. The molecule has 5 heteroatoms. The van der Waals surface area contributed by atoms with Crippen molar-refractivity contribution in [2.75, 3.05) is 0 Å². The minimum atomic E-state index is -1.17. The predicted molar refractivity (Wildman–Crippen MR) is 65.8 cm³/mol. The van der Waals surface area contributed by atoms with Gasteiger partial charge in [0.1, 0.15) is 5.75 Å². The molecule has 1 aromatic carbocycles. The van der Waals surface area contributed by atoms with E-state index in [-0.39, 0.29) is 17.9 Å². The number of hydrogen-bond acceptors (Lipinski definition) is 3. The lowest BCUT2D eigenvalue weighted by Gasteiger charge is -2.18. The molecule has 2 N–H and O–H groups in total. The van der Waals surface area contributed by atoms with E-state index in [1.807, 2.05) is 13.8 Å². The van der Waals surface area contributed by atoms with Crippen LogP contribution in [-0.2, 0) is 15.0 Å². The minimum Gasteiger partial charge on any atom is -0.491 e. The fourth-order valence-electron chi connectivity index (χ4n) is 1.87. The molecule has 0 aliphatic carbocycles. The van der Waals surface area contributed by atoms with E-state index < -0.39 is 5.41 Å². The van der Waals surface area contributed by atoms with Gasteiger partial charge >= 0.3 is 0 Å². The van der Waals surface area contributed by atoms with Gasteiger partial charge in [-0.3, -0.25) is 20.4 Å². The Bertz CT molecular complexity index is 464. The van der Waals surface area contributed by atoms with Crippen molar-refractivity contribution in [2.45, 2.75) is 32.3 Å². The van der Waals surface area contributed by atoms with E-state index in [1.54, 1.807) is 31.2 Å². The van der Waals surface area contributed by atoms with Crippen molar-refractivity contribution in [1.29, 1.82) is 0 Å². The van der Waals surface area contributed by atoms with Gasteiger partial charge in [0.2, 0.25) is 0 Å². The lowest BCUT2D eigenvalue weighted by Crippen LogP contribution is -2.37. The third-order valence-electron chi connectivity index (χ3n) is 3.00. The first-order valence-electron chi connectivity index (χ1n) is 5.82. The summed E-state index contributed by atoms with van der Waals surface area (Å²) >= 11 is 0. The molecule has 96 valence electrons. The van der Waals surface area contributed by atoms with Gasteiger partial charge in [-0.05, 0) is 38.5 Å². The highest BCUT2D eigenvalue weighted by molar-refractivity contribution is 6.14. The summed E-state index contributed by atoms with van der Waals surface area (Å²) in [4.78, 5) is 23.5. The lowest BCUT2D eigenvalue weighted by atomic mass is 9.82. The number of ether oxygens (including phenoxy) is 1. The van der Waals surface area contributed by atoms with Gasteiger partial charge in [-0.2, -0.15) is 0 Å². The van der Waals surface area contributed by atoms with E-state index in [4.69, 9.17) is 4.74 Å². The monoisotopic (exact) mass is 248 g/mol. The van der Waals surface area contributed by atoms with E-state index >= 15 is 0 Å². The summed E-state index contributed by atoms with van der Waals surface area (Å²) in [5, 5.41) is 0. The Balaban J connectivity index is 2.29. The molecule has 0 spiro atoms. The lowest BCUT2D eigenvalue weighted by molar-refractivity contribution is -0.129. The summed E-state index contributed by atoms with van der Waals surface area (Å²) in [5.74, 6) is 0.0335. The van der Waals surface area contributed by atoms with Crippen molar-refractivity contribution in [1.82, 2.24) is 10.9 Å². The van der Waals surface area contributed by atoms with Gasteiger partial charge in [0, 0.05) is 0 Å². The van der Waals surface area contributed by atoms with E-state index in [0.717, 1.165) is 5.75 Å². The van der Waals surface area contributed by atoms with Crippen molar-refractivity contribution in [3.8, 4) is 5.75 Å². The van der Waals surface area contributed by atoms with Gasteiger partial charge in [-0.25, -0.2) is 0 Å². The minimum absolute atomic E-state index is 0.0875. The zero-order valence-electron chi connectivity index (χ0n) is 10.6. The Morgan fingerprint density at radius 3 is 2.00 bits per heavy atom. The molecule has 1 fully saturated rings. The zero-order chi connectivity index (χ0) is 13.3. The normalized spacial score (nSPS) is 17.6. The number of hydrogen-bond donors (Lipinski definition) is 2. The molecule has 18 heavy (non-hydrogen) atoms. The molecule has 1 aromatic rings. The largest absolute Gasteiger partial charge is 0.491 e. The van der Waals surface area contributed by atoms with Crippen molar-refractivity contribution >= 4 is 11.8 Å². The van der Waals surface area contributed by atoms with Crippen LogP contribution in [0.2, 0.25) is 0 Å². The van der Waals surface area contributed by atoms with Crippen molar-refractivity contribution in [3.63, 3.8) is 0 Å². The van der Waals surface area contributed by atoms with Crippen molar-refractivity contribution in [3.05, 3.63) is 29.8 Å². The maximum Gasteiger partial charge on any atom is 0.258 e. The van der Waals surface area contributed by atoms with Crippen LogP contribution in [0, 0.1) is 0 Å². The molecule has 0 bridgehead atoms. The maximum absolute atomic E-state index is 11.7. The number of rotatable bonds is 3. The third kappa shape index (κ3) is 1.92. The Morgan fingerprint density at radius 1 is 1.06 bits per heavy atom. The predicted octanol–water partition coefficient (Wildman–Crippen LogP) is 0.892. The molecule has 1 aliphatic heterocycles. The summed E-state index contributed by atoms with van der Waals surface area (Å²) in [6, 6.07) is 7.00. The average molecular weight is 248 g/mol. The van der Waals surface area contributed by atoms with Gasteiger partial charge in [0.15, 0.2) is 5.41 Å². The maximum atomic E-state index is 11.7. The molecule has 0 saturated carbocycles. The van der Waals surface area contributed by atoms with Gasteiger partial charge in [-0.15, -0.1) is 0 Å². The van der Waals surface area contributed by atoms with Gasteiger partial charge < -0.3 is 4.74 Å². The average Bonchev–Trinajstić information content (AvgIpc) is 2.58. The second kappa shape index (κ2) is 4.33. The van der Waals surface area contributed by atoms with Crippen molar-refractivity contribution < 1.29 is 14.3 Å². The van der Waals surface area contributed by atoms with Gasteiger partial charge in [0.05, 0.1) is 6.10 Å². The summed E-state index contributed by atoms with van der Waals surface area (Å²) in [6.07, 6.45) is 0.0875. The van der Waals surface area contributed by atoms with E-state index in [2.05, 4.69) is 10.9 Å². The molecule has 2 rings (SSSR count). The fraction of sp³-hybridized carbons (Fsp3) is 0.385. The second-order valence-electron chi connectivity index (χ2n) is 4.72. The van der Waals surface area contributed by atoms with Crippen molar-refractivity contribution in [2.24, 2.45) is 0 Å². The zero-order valence-corrected chi connectivity index (χ0v) is 10.6. The highest BCUT2D eigenvalue weighted by Gasteiger charge is 2.47. The Morgan fingerprint density at radius 2 is 1.56 bits per heavy atom. The molecule has 1 saturated heterocycles. The molecule has 0 atom stereocenters. The molecule has 1 aliphatic rings. The molecule has 0 unspecified atom stereocenters. The highest BCUT2D eigenvalue weighted by atomic mass is 16.5.